The topological polar surface area (TPSA) is 62.6 Å². The molecular formula is C32H38Cl3N5O2. The van der Waals surface area contributed by atoms with Gasteiger partial charge in [-0.25, -0.2) is 4.98 Å². The summed E-state index contributed by atoms with van der Waals surface area (Å²) in [5.41, 5.74) is 5.48. The first-order valence-electron chi connectivity index (χ1n) is 13.8. The van der Waals surface area contributed by atoms with Crippen LogP contribution in [0, 0.1) is 13.8 Å². The predicted molar refractivity (Wildman–Crippen MR) is 177 cm³/mol. The number of anilines is 1. The smallest absolute Gasteiger partial charge is 0.271 e. The lowest BCUT2D eigenvalue weighted by Crippen LogP contribution is -2.47. The molecule has 0 spiro atoms. The lowest BCUT2D eigenvalue weighted by Gasteiger charge is -2.37. The number of hydrogen-bond donors (Lipinski definition) is 1. The molecule has 0 atom stereocenters. The summed E-state index contributed by atoms with van der Waals surface area (Å²) >= 11 is 6.33. The summed E-state index contributed by atoms with van der Waals surface area (Å²) in [7, 11) is 1.65. The molecule has 0 aliphatic carbocycles. The molecule has 5 rings (SSSR count). The fourth-order valence-electron chi connectivity index (χ4n) is 5.28. The molecule has 0 saturated carbocycles. The van der Waals surface area contributed by atoms with Crippen LogP contribution in [0.15, 0.2) is 72.8 Å². The summed E-state index contributed by atoms with van der Waals surface area (Å²) in [6.07, 6.45) is 0.881. The number of hydrogen-bond acceptors (Lipinski definition) is 5. The number of nitrogens with one attached hydrogen (secondary N) is 1. The van der Waals surface area contributed by atoms with Gasteiger partial charge < -0.3 is 15.0 Å². The standard InChI is InChI=1S/C32H36ClN5O2.2ClH/c1-23-28(33)11-7-12-29(23)37-21-19-36(20-22-37)18-8-17-34-32(39)30-24(2)38(26-13-15-27(40-3)16-14-26)31(35-30)25-9-5-4-6-10-25;;/h4-7,9-16H,8,17-22H2,1-3H3,(H,34,39);2*1H. The van der Waals surface area contributed by atoms with Gasteiger partial charge in [-0.2, -0.15) is 0 Å². The molecule has 4 aromatic rings. The van der Waals surface area contributed by atoms with Gasteiger partial charge in [-0.05, 0) is 68.8 Å². The minimum atomic E-state index is -0.150. The highest BCUT2D eigenvalue weighted by Gasteiger charge is 2.22. The predicted octanol–water partition coefficient (Wildman–Crippen LogP) is 6.60. The number of halogens is 3. The van der Waals surface area contributed by atoms with Crippen LogP contribution in [0.4, 0.5) is 5.69 Å². The molecule has 1 aliphatic rings. The maximum Gasteiger partial charge on any atom is 0.271 e. The number of ether oxygens (including phenoxy) is 1. The molecule has 7 nitrogen and oxygen atoms in total. The van der Waals surface area contributed by atoms with Gasteiger partial charge in [0.05, 0.1) is 12.8 Å². The van der Waals surface area contributed by atoms with Crippen LogP contribution >= 0.6 is 36.4 Å². The van der Waals surface area contributed by atoms with Gasteiger partial charge in [-0.15, -0.1) is 24.8 Å². The van der Waals surface area contributed by atoms with Crippen molar-refractivity contribution < 1.29 is 9.53 Å². The van der Waals surface area contributed by atoms with E-state index >= 15 is 0 Å². The number of nitrogens with zero attached hydrogens (tertiary/aromatic N) is 4. The van der Waals surface area contributed by atoms with E-state index in [2.05, 4.69) is 28.1 Å². The number of methoxy groups -OCH3 is 1. The van der Waals surface area contributed by atoms with Crippen LogP contribution in [-0.2, 0) is 0 Å². The Kier molecular flexibility index (Phi) is 12.1. The quantitative estimate of drug-likeness (QED) is 0.211. The molecular weight excluding hydrogens is 593 g/mol. The average molecular weight is 631 g/mol. The van der Waals surface area contributed by atoms with Crippen LogP contribution in [0.1, 0.15) is 28.2 Å². The second-order valence-electron chi connectivity index (χ2n) is 10.1. The highest BCUT2D eigenvalue weighted by molar-refractivity contribution is 6.31. The largest absolute Gasteiger partial charge is 0.497 e. The molecule has 10 heteroatoms. The Hall–Kier alpha value is -3.23. The van der Waals surface area contributed by atoms with E-state index < -0.39 is 0 Å². The second-order valence-corrected chi connectivity index (χ2v) is 10.5. The van der Waals surface area contributed by atoms with E-state index in [1.807, 2.05) is 78.2 Å². The van der Waals surface area contributed by atoms with Crippen molar-refractivity contribution >= 4 is 48.0 Å². The third-order valence-corrected chi connectivity index (χ3v) is 7.98. The third kappa shape index (κ3) is 7.39. The molecule has 42 heavy (non-hydrogen) atoms. The highest BCUT2D eigenvalue weighted by Crippen LogP contribution is 2.28. The molecule has 1 fully saturated rings. The van der Waals surface area contributed by atoms with E-state index in [1.54, 1.807) is 7.11 Å². The van der Waals surface area contributed by atoms with E-state index in [0.717, 1.165) is 78.2 Å². The minimum absolute atomic E-state index is 0. The van der Waals surface area contributed by atoms with Crippen molar-refractivity contribution in [2.45, 2.75) is 20.3 Å². The van der Waals surface area contributed by atoms with Gasteiger partial charge in [0.15, 0.2) is 0 Å². The maximum atomic E-state index is 13.3. The van der Waals surface area contributed by atoms with E-state index in [-0.39, 0.29) is 30.7 Å². The van der Waals surface area contributed by atoms with Crippen molar-refractivity contribution in [3.05, 3.63) is 94.8 Å². The number of carbonyl (C=O) groups excluding carboxylic acids is 1. The molecule has 1 amide bonds. The van der Waals surface area contributed by atoms with Crippen molar-refractivity contribution in [1.82, 2.24) is 19.8 Å². The average Bonchev–Trinajstić information content (AvgIpc) is 3.34. The van der Waals surface area contributed by atoms with Crippen molar-refractivity contribution in [2.75, 3.05) is 51.3 Å². The Balaban J connectivity index is 0.00000242. The van der Waals surface area contributed by atoms with Gasteiger partial charge in [0, 0.05) is 54.7 Å². The normalized spacial score (nSPS) is 13.2. The van der Waals surface area contributed by atoms with Gasteiger partial charge in [0.1, 0.15) is 17.3 Å². The van der Waals surface area contributed by atoms with E-state index in [0.29, 0.717) is 12.2 Å². The van der Waals surface area contributed by atoms with Crippen LogP contribution < -0.4 is 15.0 Å². The van der Waals surface area contributed by atoms with Gasteiger partial charge >= 0.3 is 0 Å². The number of aromatic nitrogens is 2. The Bertz CT molecular complexity index is 1450. The molecule has 1 aliphatic heterocycles. The number of amides is 1. The van der Waals surface area contributed by atoms with Crippen molar-refractivity contribution in [3.63, 3.8) is 0 Å². The van der Waals surface area contributed by atoms with Crippen molar-refractivity contribution in [3.8, 4) is 22.8 Å². The molecule has 1 saturated heterocycles. The van der Waals surface area contributed by atoms with Crippen molar-refractivity contribution in [1.29, 1.82) is 0 Å². The van der Waals surface area contributed by atoms with E-state index in [9.17, 15) is 4.79 Å². The third-order valence-electron chi connectivity index (χ3n) is 7.57. The Morgan fingerprint density at radius 1 is 0.929 bits per heavy atom. The number of imidazole rings is 1. The summed E-state index contributed by atoms with van der Waals surface area (Å²) in [5.74, 6) is 1.37. The first-order chi connectivity index (χ1) is 19.5. The van der Waals surface area contributed by atoms with Gasteiger partial charge in [-0.1, -0.05) is 48.0 Å². The molecule has 3 aromatic carbocycles. The molecule has 0 bridgehead atoms. The summed E-state index contributed by atoms with van der Waals surface area (Å²) in [4.78, 5) is 22.9. The van der Waals surface area contributed by atoms with Crippen LogP contribution in [0.2, 0.25) is 5.02 Å². The summed E-state index contributed by atoms with van der Waals surface area (Å²) in [5, 5.41) is 3.92. The molecule has 224 valence electrons. The highest BCUT2D eigenvalue weighted by atomic mass is 35.5. The van der Waals surface area contributed by atoms with Crippen molar-refractivity contribution in [2.24, 2.45) is 0 Å². The molecule has 1 N–H and O–H groups in total. The maximum absolute atomic E-state index is 13.3. The zero-order valence-corrected chi connectivity index (χ0v) is 26.6. The van der Waals surface area contributed by atoms with Gasteiger partial charge in [-0.3, -0.25) is 14.3 Å². The lowest BCUT2D eigenvalue weighted by atomic mass is 10.1. The SMILES string of the molecule is COc1ccc(-n2c(-c3ccccc3)nc(C(=O)NCCCN3CCN(c4cccc(Cl)c4C)CC3)c2C)cc1.Cl.Cl. The second kappa shape index (κ2) is 15.3. The Labute approximate surface area is 265 Å². The number of carbonyl (C=O) groups is 1. The first-order valence-corrected chi connectivity index (χ1v) is 14.1. The van der Waals surface area contributed by atoms with Gasteiger partial charge in [0.25, 0.3) is 5.91 Å². The minimum Gasteiger partial charge on any atom is -0.497 e. The van der Waals surface area contributed by atoms with E-state index in [4.69, 9.17) is 21.3 Å². The lowest BCUT2D eigenvalue weighted by molar-refractivity contribution is 0.0946. The number of rotatable bonds is 9. The van der Waals surface area contributed by atoms with Crippen LogP contribution in [0.5, 0.6) is 5.75 Å². The summed E-state index contributed by atoms with van der Waals surface area (Å²) in [6, 6.07) is 23.9. The monoisotopic (exact) mass is 629 g/mol. The van der Waals surface area contributed by atoms with E-state index in [1.165, 1.54) is 5.69 Å². The van der Waals surface area contributed by atoms with Gasteiger partial charge in [0.2, 0.25) is 0 Å². The van der Waals surface area contributed by atoms with Crippen LogP contribution in [-0.4, -0.2) is 66.7 Å². The fourth-order valence-corrected chi connectivity index (χ4v) is 5.45. The summed E-state index contributed by atoms with van der Waals surface area (Å²) < 4.78 is 7.36. The Morgan fingerprint density at radius 3 is 2.29 bits per heavy atom. The summed E-state index contributed by atoms with van der Waals surface area (Å²) in [6.45, 7) is 9.49. The molecule has 1 aromatic heterocycles. The Morgan fingerprint density at radius 2 is 1.62 bits per heavy atom. The molecule has 2 heterocycles. The zero-order chi connectivity index (χ0) is 28.1. The van der Waals surface area contributed by atoms with Crippen LogP contribution in [0.25, 0.3) is 17.1 Å². The first kappa shape index (κ1) is 33.3. The van der Waals surface area contributed by atoms with Crippen LogP contribution in [0.3, 0.4) is 0 Å². The molecule has 0 unspecified atom stereocenters. The zero-order valence-electron chi connectivity index (χ0n) is 24.2. The number of piperazine rings is 1. The number of benzene rings is 3. The fraction of sp³-hybridized carbons (Fsp3) is 0.312. The molecule has 0 radical (unpaired) electrons.